The fourth-order valence-corrected chi connectivity index (χ4v) is 3.33. The molecule has 0 spiro atoms. The Morgan fingerprint density at radius 3 is 2.61 bits per heavy atom. The Morgan fingerprint density at radius 2 is 1.74 bits per heavy atom. The van der Waals surface area contributed by atoms with Crippen LogP contribution in [0.3, 0.4) is 0 Å². The van der Waals surface area contributed by atoms with E-state index in [1.807, 2.05) is 31.3 Å². The van der Waals surface area contributed by atoms with Crippen molar-refractivity contribution in [2.75, 3.05) is 0 Å². The van der Waals surface area contributed by atoms with Gasteiger partial charge >= 0.3 is 0 Å². The molecule has 0 aliphatic carbocycles. The topological polar surface area (TPSA) is 51.6 Å². The molecule has 112 valence electrons. The SMILES string of the molecule is Cc1cc2ccc(-c3cc4cnccc4c(I)n3)nc2nc1C. The van der Waals surface area contributed by atoms with Gasteiger partial charge in [-0.05, 0) is 72.3 Å². The molecule has 0 saturated heterocycles. The molecule has 0 bridgehead atoms. The summed E-state index contributed by atoms with van der Waals surface area (Å²) in [5, 5.41) is 3.22. The molecule has 4 aromatic rings. The summed E-state index contributed by atoms with van der Waals surface area (Å²) in [5.41, 5.74) is 4.62. The van der Waals surface area contributed by atoms with E-state index in [-0.39, 0.29) is 0 Å². The summed E-state index contributed by atoms with van der Waals surface area (Å²) >= 11 is 2.26. The molecule has 0 aliphatic heterocycles. The highest BCUT2D eigenvalue weighted by atomic mass is 127. The van der Waals surface area contributed by atoms with Gasteiger partial charge in [0, 0.05) is 34.2 Å². The van der Waals surface area contributed by atoms with E-state index < -0.39 is 0 Å². The first kappa shape index (κ1) is 14.4. The summed E-state index contributed by atoms with van der Waals surface area (Å²) in [6, 6.07) is 10.2. The predicted molar refractivity (Wildman–Crippen MR) is 100 cm³/mol. The van der Waals surface area contributed by atoms with E-state index >= 15 is 0 Å². The van der Waals surface area contributed by atoms with Crippen LogP contribution in [-0.4, -0.2) is 19.9 Å². The molecule has 0 unspecified atom stereocenters. The van der Waals surface area contributed by atoms with Crippen LogP contribution in [0.15, 0.2) is 42.7 Å². The zero-order valence-electron chi connectivity index (χ0n) is 12.7. The molecule has 0 fully saturated rings. The smallest absolute Gasteiger partial charge is 0.160 e. The van der Waals surface area contributed by atoms with Gasteiger partial charge < -0.3 is 0 Å². The largest absolute Gasteiger partial charge is 0.264 e. The third-order valence-electron chi connectivity index (χ3n) is 3.97. The summed E-state index contributed by atoms with van der Waals surface area (Å²) in [6.07, 6.45) is 3.64. The third kappa shape index (κ3) is 2.55. The van der Waals surface area contributed by atoms with Crippen LogP contribution in [0.4, 0.5) is 0 Å². The minimum Gasteiger partial charge on any atom is -0.264 e. The van der Waals surface area contributed by atoms with E-state index in [9.17, 15) is 0 Å². The average Bonchev–Trinajstić information content (AvgIpc) is 2.55. The summed E-state index contributed by atoms with van der Waals surface area (Å²) in [5.74, 6) is 0. The van der Waals surface area contributed by atoms with Gasteiger partial charge in [0.15, 0.2) is 5.65 Å². The molecular weight excluding hydrogens is 399 g/mol. The monoisotopic (exact) mass is 412 g/mol. The minimum absolute atomic E-state index is 0.758. The highest BCUT2D eigenvalue weighted by molar-refractivity contribution is 14.1. The Kier molecular flexibility index (Phi) is 3.45. The van der Waals surface area contributed by atoms with Crippen LogP contribution in [0.25, 0.3) is 33.2 Å². The predicted octanol–water partition coefficient (Wildman–Crippen LogP) is 4.46. The van der Waals surface area contributed by atoms with E-state index in [1.54, 1.807) is 6.20 Å². The lowest BCUT2D eigenvalue weighted by Crippen LogP contribution is -1.95. The molecule has 0 aromatic carbocycles. The molecule has 0 amide bonds. The number of hydrogen-bond acceptors (Lipinski definition) is 4. The lowest BCUT2D eigenvalue weighted by molar-refractivity contribution is 1.15. The Morgan fingerprint density at radius 1 is 0.870 bits per heavy atom. The van der Waals surface area contributed by atoms with Crippen LogP contribution >= 0.6 is 22.6 Å². The molecule has 4 heterocycles. The quantitative estimate of drug-likeness (QED) is 0.342. The molecule has 0 N–H and O–H groups in total. The molecule has 0 saturated carbocycles. The van der Waals surface area contributed by atoms with Gasteiger partial charge in [-0.15, -0.1) is 0 Å². The third-order valence-corrected chi connectivity index (χ3v) is 4.79. The number of nitrogens with zero attached hydrogens (tertiary/aromatic N) is 4. The van der Waals surface area contributed by atoms with Crippen LogP contribution in [0, 0.1) is 17.5 Å². The minimum atomic E-state index is 0.758. The molecule has 23 heavy (non-hydrogen) atoms. The van der Waals surface area contributed by atoms with E-state index in [4.69, 9.17) is 4.98 Å². The Bertz CT molecular complexity index is 1060. The summed E-state index contributed by atoms with van der Waals surface area (Å²) in [7, 11) is 0. The summed E-state index contributed by atoms with van der Waals surface area (Å²) in [4.78, 5) is 18.2. The Labute approximate surface area is 147 Å². The van der Waals surface area contributed by atoms with Crippen LogP contribution < -0.4 is 0 Å². The lowest BCUT2D eigenvalue weighted by Gasteiger charge is -2.07. The van der Waals surface area contributed by atoms with Crippen molar-refractivity contribution in [1.29, 1.82) is 0 Å². The molecule has 0 atom stereocenters. The second kappa shape index (κ2) is 5.49. The molecular formula is C18H13IN4. The second-order valence-corrected chi connectivity index (χ2v) is 6.55. The Balaban J connectivity index is 1.93. The highest BCUT2D eigenvalue weighted by Gasteiger charge is 2.09. The zero-order chi connectivity index (χ0) is 16.0. The molecule has 4 rings (SSSR count). The first-order valence-corrected chi connectivity index (χ1v) is 8.35. The van der Waals surface area contributed by atoms with Gasteiger partial charge in [0.2, 0.25) is 0 Å². The van der Waals surface area contributed by atoms with Crippen molar-refractivity contribution >= 4 is 44.4 Å². The maximum Gasteiger partial charge on any atom is 0.160 e. The van der Waals surface area contributed by atoms with Gasteiger partial charge in [0.25, 0.3) is 0 Å². The highest BCUT2D eigenvalue weighted by Crippen LogP contribution is 2.25. The van der Waals surface area contributed by atoms with Gasteiger partial charge in [-0.3, -0.25) is 4.98 Å². The number of rotatable bonds is 1. The van der Waals surface area contributed by atoms with E-state index in [1.165, 1.54) is 5.56 Å². The number of aromatic nitrogens is 4. The first-order chi connectivity index (χ1) is 11.1. The standard InChI is InChI=1S/C18H13IN4/c1-10-7-12-3-4-15(23-18(12)21-11(10)2)16-8-13-9-20-6-5-14(13)17(19)22-16/h3-9H,1-2H3. The van der Waals surface area contributed by atoms with Gasteiger partial charge in [-0.1, -0.05) is 0 Å². The summed E-state index contributed by atoms with van der Waals surface area (Å²) < 4.78 is 0.951. The lowest BCUT2D eigenvalue weighted by atomic mass is 10.1. The number of halogens is 1. The molecule has 4 nitrogen and oxygen atoms in total. The fraction of sp³-hybridized carbons (Fsp3) is 0.111. The molecule has 4 aromatic heterocycles. The van der Waals surface area contributed by atoms with Crippen molar-refractivity contribution in [1.82, 2.24) is 19.9 Å². The maximum atomic E-state index is 4.70. The van der Waals surface area contributed by atoms with Crippen molar-refractivity contribution in [2.24, 2.45) is 0 Å². The van der Waals surface area contributed by atoms with Gasteiger partial charge in [-0.25, -0.2) is 15.0 Å². The van der Waals surface area contributed by atoms with E-state index in [2.05, 4.69) is 56.6 Å². The number of fused-ring (bicyclic) bond motifs is 2. The van der Waals surface area contributed by atoms with Crippen molar-refractivity contribution in [3.63, 3.8) is 0 Å². The van der Waals surface area contributed by atoms with Crippen molar-refractivity contribution in [2.45, 2.75) is 13.8 Å². The normalized spacial score (nSPS) is 11.3. The van der Waals surface area contributed by atoms with Crippen LogP contribution in [0.5, 0.6) is 0 Å². The average molecular weight is 412 g/mol. The van der Waals surface area contributed by atoms with Crippen LogP contribution in [0.1, 0.15) is 11.3 Å². The molecule has 0 aliphatic rings. The number of pyridine rings is 4. The van der Waals surface area contributed by atoms with Crippen LogP contribution in [-0.2, 0) is 0 Å². The van der Waals surface area contributed by atoms with E-state index in [0.717, 1.165) is 42.6 Å². The van der Waals surface area contributed by atoms with Gasteiger partial charge in [0.1, 0.15) is 3.70 Å². The van der Waals surface area contributed by atoms with Gasteiger partial charge in [-0.2, -0.15) is 0 Å². The van der Waals surface area contributed by atoms with Crippen molar-refractivity contribution in [3.8, 4) is 11.4 Å². The van der Waals surface area contributed by atoms with Crippen LogP contribution in [0.2, 0.25) is 0 Å². The first-order valence-electron chi connectivity index (χ1n) is 7.27. The van der Waals surface area contributed by atoms with Crippen molar-refractivity contribution in [3.05, 3.63) is 57.7 Å². The fourth-order valence-electron chi connectivity index (χ4n) is 2.58. The second-order valence-electron chi connectivity index (χ2n) is 5.53. The maximum absolute atomic E-state index is 4.70. The summed E-state index contributed by atoms with van der Waals surface area (Å²) in [6.45, 7) is 4.07. The van der Waals surface area contributed by atoms with Gasteiger partial charge in [0.05, 0.1) is 11.4 Å². The number of hydrogen-bond donors (Lipinski definition) is 0. The van der Waals surface area contributed by atoms with E-state index in [0.29, 0.717) is 0 Å². The van der Waals surface area contributed by atoms with Crippen molar-refractivity contribution < 1.29 is 0 Å². The Hall–Kier alpha value is -2.15. The number of aryl methyl sites for hydroxylation is 2. The molecule has 5 heteroatoms. The zero-order valence-corrected chi connectivity index (χ0v) is 14.9. The molecule has 0 radical (unpaired) electrons.